The summed E-state index contributed by atoms with van der Waals surface area (Å²) in [4.78, 5) is 9.15. The molecule has 0 bridgehead atoms. The number of hydrogen-bond donors (Lipinski definition) is 1. The zero-order valence-electron chi connectivity index (χ0n) is 11.3. The summed E-state index contributed by atoms with van der Waals surface area (Å²) in [6, 6.07) is 6.55. The van der Waals surface area contributed by atoms with Gasteiger partial charge in [-0.2, -0.15) is 0 Å². The zero-order chi connectivity index (χ0) is 12.7. The lowest BCUT2D eigenvalue weighted by Gasteiger charge is -2.17. The number of rotatable bonds is 2. The van der Waals surface area contributed by atoms with Crippen LogP contribution in [0.15, 0.2) is 30.6 Å². The molecule has 2 aliphatic rings. The van der Waals surface area contributed by atoms with Crippen molar-refractivity contribution in [2.75, 3.05) is 6.54 Å². The van der Waals surface area contributed by atoms with Crippen LogP contribution in [0.2, 0.25) is 0 Å². The van der Waals surface area contributed by atoms with Crippen LogP contribution in [-0.2, 0) is 13.0 Å². The summed E-state index contributed by atoms with van der Waals surface area (Å²) in [5, 5.41) is 3.37. The van der Waals surface area contributed by atoms with E-state index >= 15 is 0 Å². The third-order valence-electron chi connectivity index (χ3n) is 4.05. The molecule has 0 amide bonds. The molecule has 2 aromatic rings. The third-order valence-corrected chi connectivity index (χ3v) is 4.05. The van der Waals surface area contributed by atoms with E-state index in [1.54, 1.807) is 0 Å². The van der Waals surface area contributed by atoms with Gasteiger partial charge in [-0.15, -0.1) is 12.4 Å². The number of aromatic nitrogens is 2. The van der Waals surface area contributed by atoms with Crippen LogP contribution in [0, 0.1) is 0 Å². The Labute approximate surface area is 125 Å². The highest BCUT2D eigenvalue weighted by Crippen LogP contribution is 2.39. The summed E-state index contributed by atoms with van der Waals surface area (Å²) in [5.41, 5.74) is 6.18. The summed E-state index contributed by atoms with van der Waals surface area (Å²) < 4.78 is 0. The molecule has 2 aromatic heterocycles. The first-order valence-corrected chi connectivity index (χ1v) is 7.05. The lowest BCUT2D eigenvalue weighted by Crippen LogP contribution is -2.23. The van der Waals surface area contributed by atoms with Gasteiger partial charge in [0.25, 0.3) is 0 Å². The van der Waals surface area contributed by atoms with Crippen LogP contribution in [0.25, 0.3) is 11.3 Å². The van der Waals surface area contributed by atoms with E-state index < -0.39 is 0 Å². The number of nitrogens with zero attached hydrogens (tertiary/aromatic N) is 2. The molecule has 4 rings (SSSR count). The van der Waals surface area contributed by atoms with E-state index in [2.05, 4.69) is 33.5 Å². The van der Waals surface area contributed by atoms with Crippen molar-refractivity contribution in [3.63, 3.8) is 0 Å². The second-order valence-corrected chi connectivity index (χ2v) is 5.51. The summed E-state index contributed by atoms with van der Waals surface area (Å²) in [5.74, 6) is 0.719. The first-order valence-electron chi connectivity index (χ1n) is 7.05. The molecule has 104 valence electrons. The van der Waals surface area contributed by atoms with Crippen molar-refractivity contribution < 1.29 is 0 Å². The highest BCUT2D eigenvalue weighted by molar-refractivity contribution is 5.85. The van der Waals surface area contributed by atoms with Gasteiger partial charge in [0.05, 0.1) is 5.69 Å². The van der Waals surface area contributed by atoms with Crippen LogP contribution in [0.5, 0.6) is 0 Å². The largest absolute Gasteiger partial charge is 0.312 e. The van der Waals surface area contributed by atoms with Crippen LogP contribution in [-0.4, -0.2) is 16.5 Å². The summed E-state index contributed by atoms with van der Waals surface area (Å²) in [7, 11) is 0. The highest BCUT2D eigenvalue weighted by atomic mass is 35.5. The van der Waals surface area contributed by atoms with Crippen LogP contribution in [0.4, 0.5) is 0 Å². The fourth-order valence-electron chi connectivity index (χ4n) is 2.70. The normalized spacial score (nSPS) is 17.2. The van der Waals surface area contributed by atoms with Crippen molar-refractivity contribution >= 4 is 12.4 Å². The van der Waals surface area contributed by atoms with E-state index in [4.69, 9.17) is 0 Å². The molecule has 3 nitrogen and oxygen atoms in total. The van der Waals surface area contributed by atoms with E-state index in [1.807, 2.05) is 12.4 Å². The van der Waals surface area contributed by atoms with Crippen molar-refractivity contribution in [1.29, 1.82) is 0 Å². The first kappa shape index (κ1) is 13.5. The van der Waals surface area contributed by atoms with Gasteiger partial charge in [-0.25, -0.2) is 0 Å². The van der Waals surface area contributed by atoms with E-state index in [0.717, 1.165) is 36.7 Å². The Hall–Kier alpha value is -1.45. The maximum Gasteiger partial charge on any atom is 0.0720 e. The molecule has 20 heavy (non-hydrogen) atoms. The third kappa shape index (κ3) is 2.56. The number of hydrogen-bond acceptors (Lipinski definition) is 3. The molecule has 1 N–H and O–H groups in total. The van der Waals surface area contributed by atoms with Crippen LogP contribution in [0.1, 0.15) is 35.6 Å². The standard InChI is InChI=1S/C16H17N3.ClH/c1-2-11(1)15-4-3-13(9-18-15)16-7-12-5-6-17-8-14(12)10-19-16;/h3-4,7,9-11,17H,1-2,5-6,8H2;1H. The van der Waals surface area contributed by atoms with Gasteiger partial charge in [0.2, 0.25) is 0 Å². The molecule has 0 unspecified atom stereocenters. The number of fused-ring (bicyclic) bond motifs is 1. The van der Waals surface area contributed by atoms with Crippen LogP contribution >= 0.6 is 12.4 Å². The minimum atomic E-state index is 0. The second-order valence-electron chi connectivity index (χ2n) is 5.51. The maximum absolute atomic E-state index is 4.58. The molecule has 0 radical (unpaired) electrons. The van der Waals surface area contributed by atoms with E-state index in [-0.39, 0.29) is 12.4 Å². The molecule has 1 saturated carbocycles. The van der Waals surface area contributed by atoms with Gasteiger partial charge in [-0.1, -0.05) is 0 Å². The van der Waals surface area contributed by atoms with Gasteiger partial charge < -0.3 is 5.32 Å². The highest BCUT2D eigenvalue weighted by Gasteiger charge is 2.24. The Kier molecular flexibility index (Phi) is 3.72. The molecular weight excluding hydrogens is 270 g/mol. The number of halogens is 1. The van der Waals surface area contributed by atoms with Crippen LogP contribution < -0.4 is 5.32 Å². The number of nitrogens with one attached hydrogen (secondary N) is 1. The minimum Gasteiger partial charge on any atom is -0.312 e. The molecule has 0 saturated heterocycles. The molecular formula is C16H18ClN3. The predicted octanol–water partition coefficient (Wildman–Crippen LogP) is 3.09. The van der Waals surface area contributed by atoms with Gasteiger partial charge >= 0.3 is 0 Å². The van der Waals surface area contributed by atoms with Crippen LogP contribution in [0.3, 0.4) is 0 Å². The fraction of sp³-hybridized carbons (Fsp3) is 0.375. The van der Waals surface area contributed by atoms with Crippen molar-refractivity contribution in [1.82, 2.24) is 15.3 Å². The molecule has 1 aliphatic heterocycles. The maximum atomic E-state index is 4.58. The van der Waals surface area contributed by atoms with Crippen molar-refractivity contribution in [2.45, 2.75) is 31.7 Å². The molecule has 4 heteroatoms. The second kappa shape index (κ2) is 5.51. The predicted molar refractivity (Wildman–Crippen MR) is 82.1 cm³/mol. The van der Waals surface area contributed by atoms with E-state index in [0.29, 0.717) is 0 Å². The molecule has 3 heterocycles. The number of pyridine rings is 2. The summed E-state index contributed by atoms with van der Waals surface area (Å²) in [6.07, 6.45) is 7.68. The Morgan fingerprint density at radius 3 is 2.70 bits per heavy atom. The molecule has 0 aromatic carbocycles. The summed E-state index contributed by atoms with van der Waals surface area (Å²) in [6.45, 7) is 2.01. The Morgan fingerprint density at radius 1 is 1.05 bits per heavy atom. The molecule has 0 atom stereocenters. The Morgan fingerprint density at radius 2 is 1.95 bits per heavy atom. The van der Waals surface area contributed by atoms with Gasteiger partial charge in [-0.3, -0.25) is 9.97 Å². The van der Waals surface area contributed by atoms with Crippen molar-refractivity contribution in [3.05, 3.63) is 47.4 Å². The van der Waals surface area contributed by atoms with E-state index in [1.165, 1.54) is 29.7 Å². The molecule has 1 aliphatic carbocycles. The molecule has 0 spiro atoms. The minimum absolute atomic E-state index is 0. The monoisotopic (exact) mass is 287 g/mol. The SMILES string of the molecule is Cl.c1cc(C2CC2)ncc1-c1cc2c(cn1)CNCC2. The average Bonchev–Trinajstić information content (AvgIpc) is 3.32. The fourth-order valence-corrected chi connectivity index (χ4v) is 2.70. The van der Waals surface area contributed by atoms with Crippen molar-refractivity contribution in [3.8, 4) is 11.3 Å². The lowest BCUT2D eigenvalue weighted by molar-refractivity contribution is 0.641. The Balaban J connectivity index is 0.00000121. The smallest absolute Gasteiger partial charge is 0.0720 e. The lowest BCUT2D eigenvalue weighted by atomic mass is 10.0. The van der Waals surface area contributed by atoms with Crippen molar-refractivity contribution in [2.24, 2.45) is 0 Å². The quantitative estimate of drug-likeness (QED) is 0.922. The summed E-state index contributed by atoms with van der Waals surface area (Å²) >= 11 is 0. The topological polar surface area (TPSA) is 37.8 Å². The molecule has 1 fully saturated rings. The zero-order valence-corrected chi connectivity index (χ0v) is 12.1. The average molecular weight is 288 g/mol. The van der Waals surface area contributed by atoms with Gasteiger partial charge in [0.15, 0.2) is 0 Å². The van der Waals surface area contributed by atoms with Gasteiger partial charge in [0, 0.05) is 36.1 Å². The van der Waals surface area contributed by atoms with Gasteiger partial charge in [0.1, 0.15) is 0 Å². The first-order chi connectivity index (χ1) is 9.40. The van der Waals surface area contributed by atoms with Gasteiger partial charge in [-0.05, 0) is 55.1 Å². The van der Waals surface area contributed by atoms with E-state index in [9.17, 15) is 0 Å². The Bertz CT molecular complexity index is 606.